The predicted octanol–water partition coefficient (Wildman–Crippen LogP) is 6.33. The van der Waals surface area contributed by atoms with E-state index in [-0.39, 0.29) is 11.4 Å². The van der Waals surface area contributed by atoms with E-state index in [1.165, 1.54) is 5.56 Å². The molecule has 3 aromatic carbocycles. The Bertz CT molecular complexity index is 1310. The highest BCUT2D eigenvalue weighted by Gasteiger charge is 2.59. The first kappa shape index (κ1) is 22.2. The van der Waals surface area contributed by atoms with E-state index in [9.17, 15) is 4.79 Å². The molecule has 3 aromatic rings. The van der Waals surface area contributed by atoms with Gasteiger partial charge in [0.05, 0.1) is 18.2 Å². The van der Waals surface area contributed by atoms with Crippen LogP contribution in [0.25, 0.3) is 10.8 Å². The van der Waals surface area contributed by atoms with Crippen molar-refractivity contribution in [3.8, 4) is 5.75 Å². The number of benzene rings is 3. The molecule has 5 nitrogen and oxygen atoms in total. The molecule has 0 fully saturated rings. The summed E-state index contributed by atoms with van der Waals surface area (Å²) in [5, 5.41) is 2.23. The molecule has 0 N–H and O–H groups in total. The van der Waals surface area contributed by atoms with E-state index < -0.39 is 5.72 Å². The second-order valence-corrected chi connectivity index (χ2v) is 9.61. The number of nitrogens with zero attached hydrogens (tertiary/aromatic N) is 2. The summed E-state index contributed by atoms with van der Waals surface area (Å²) in [6.45, 7) is 10.9. The van der Waals surface area contributed by atoms with Gasteiger partial charge in [-0.25, -0.2) is 4.79 Å². The van der Waals surface area contributed by atoms with Crippen LogP contribution < -0.4 is 9.64 Å². The fraction of sp³-hybridized carbons (Fsp3) is 0.310. The third kappa shape index (κ3) is 3.38. The van der Waals surface area contributed by atoms with E-state index in [1.807, 2.05) is 24.4 Å². The molecule has 0 amide bonds. The Morgan fingerprint density at radius 2 is 1.82 bits per heavy atom. The molecule has 0 radical (unpaired) electrons. The predicted molar refractivity (Wildman–Crippen MR) is 137 cm³/mol. The standard InChI is InChI=1S/C29H30N2O3/c1-20(2)27(32)33-18-10-9-17-31-24-14-8-7-13-23(24)28(3,4)29(31)19-30-26-22-12-6-5-11-21(22)15-16-25(26)34-29/h5-8,11-16,19H,1,9-10,17-18H2,2-4H3. The fourth-order valence-electron chi connectivity index (χ4n) is 5.10. The van der Waals surface area contributed by atoms with Crippen molar-refractivity contribution in [1.29, 1.82) is 0 Å². The molecule has 0 aliphatic carbocycles. The number of anilines is 1. The number of carbonyl (C=O) groups excluding carboxylic acids is 1. The van der Waals surface area contributed by atoms with Gasteiger partial charge in [0.2, 0.25) is 5.72 Å². The minimum absolute atomic E-state index is 0.331. The number of unbranched alkanes of at least 4 members (excludes halogenated alkanes) is 1. The maximum Gasteiger partial charge on any atom is 0.333 e. The Kier molecular flexibility index (Phi) is 5.43. The molecule has 5 heteroatoms. The second kappa shape index (κ2) is 8.32. The number of rotatable bonds is 6. The molecular weight excluding hydrogens is 424 g/mol. The highest BCUT2D eigenvalue weighted by atomic mass is 16.5. The summed E-state index contributed by atoms with van der Waals surface area (Å²) in [7, 11) is 0. The number of carbonyl (C=O) groups is 1. The highest BCUT2D eigenvalue weighted by molar-refractivity contribution is 5.99. The lowest BCUT2D eigenvalue weighted by molar-refractivity contribution is -0.139. The summed E-state index contributed by atoms with van der Waals surface area (Å²) in [6, 6.07) is 20.9. The molecule has 34 heavy (non-hydrogen) atoms. The Labute approximate surface area is 200 Å². The first-order valence-corrected chi connectivity index (χ1v) is 11.8. The summed E-state index contributed by atoms with van der Waals surface area (Å²) in [4.78, 5) is 19.0. The first-order chi connectivity index (χ1) is 16.3. The van der Waals surface area contributed by atoms with Crippen LogP contribution in [0.15, 0.2) is 77.8 Å². The summed E-state index contributed by atoms with van der Waals surface area (Å²) < 4.78 is 12.2. The fourth-order valence-corrected chi connectivity index (χ4v) is 5.10. The van der Waals surface area contributed by atoms with Gasteiger partial charge in [0.15, 0.2) is 0 Å². The normalized spacial score (nSPS) is 19.6. The van der Waals surface area contributed by atoms with E-state index in [2.05, 4.69) is 67.8 Å². The van der Waals surface area contributed by atoms with E-state index >= 15 is 0 Å². The summed E-state index contributed by atoms with van der Waals surface area (Å²) >= 11 is 0. The van der Waals surface area contributed by atoms with Gasteiger partial charge in [0, 0.05) is 23.2 Å². The van der Waals surface area contributed by atoms with Crippen LogP contribution in [0, 0.1) is 0 Å². The molecule has 2 aliphatic heterocycles. The van der Waals surface area contributed by atoms with Gasteiger partial charge >= 0.3 is 5.97 Å². The van der Waals surface area contributed by atoms with Crippen molar-refractivity contribution in [3.63, 3.8) is 0 Å². The van der Waals surface area contributed by atoms with E-state index in [1.54, 1.807) is 6.92 Å². The maximum absolute atomic E-state index is 11.7. The van der Waals surface area contributed by atoms with Crippen molar-refractivity contribution in [2.75, 3.05) is 18.1 Å². The highest BCUT2D eigenvalue weighted by Crippen LogP contribution is 2.54. The van der Waals surface area contributed by atoms with Crippen LogP contribution in [-0.2, 0) is 14.9 Å². The smallest absolute Gasteiger partial charge is 0.333 e. The Morgan fingerprint density at radius 1 is 1.06 bits per heavy atom. The van der Waals surface area contributed by atoms with Gasteiger partial charge in [0.1, 0.15) is 11.4 Å². The van der Waals surface area contributed by atoms with Crippen LogP contribution in [0.1, 0.15) is 39.2 Å². The molecule has 2 heterocycles. The van der Waals surface area contributed by atoms with Crippen LogP contribution in [0.4, 0.5) is 11.4 Å². The van der Waals surface area contributed by atoms with Crippen LogP contribution in [0.3, 0.4) is 0 Å². The van der Waals surface area contributed by atoms with Crippen molar-refractivity contribution in [3.05, 3.63) is 78.4 Å². The minimum atomic E-state index is -0.749. The van der Waals surface area contributed by atoms with Crippen molar-refractivity contribution >= 4 is 34.3 Å². The van der Waals surface area contributed by atoms with Crippen molar-refractivity contribution < 1.29 is 14.3 Å². The average molecular weight is 455 g/mol. The monoisotopic (exact) mass is 454 g/mol. The van der Waals surface area contributed by atoms with Gasteiger partial charge in [-0.3, -0.25) is 4.99 Å². The van der Waals surface area contributed by atoms with E-state index in [0.29, 0.717) is 12.2 Å². The molecule has 0 aromatic heterocycles. The lowest BCUT2D eigenvalue weighted by Crippen LogP contribution is -2.62. The molecule has 2 aliphatic rings. The zero-order valence-corrected chi connectivity index (χ0v) is 20.0. The van der Waals surface area contributed by atoms with Crippen LogP contribution in [-0.4, -0.2) is 31.1 Å². The third-order valence-electron chi connectivity index (χ3n) is 7.02. The Morgan fingerprint density at radius 3 is 2.65 bits per heavy atom. The van der Waals surface area contributed by atoms with Crippen molar-refractivity contribution in [2.24, 2.45) is 4.99 Å². The van der Waals surface area contributed by atoms with Gasteiger partial charge in [-0.2, -0.15) is 0 Å². The van der Waals surface area contributed by atoms with Crippen LogP contribution in [0.5, 0.6) is 5.75 Å². The summed E-state index contributed by atoms with van der Waals surface area (Å²) in [6.07, 6.45) is 3.59. The van der Waals surface area contributed by atoms with Gasteiger partial charge in [-0.05, 0) is 56.7 Å². The SMILES string of the molecule is C=C(C)C(=O)OCCCCN1c2ccccc2C(C)(C)C12C=Nc1c(ccc3ccccc13)O2. The van der Waals surface area contributed by atoms with Crippen molar-refractivity contribution in [1.82, 2.24) is 0 Å². The Hall–Kier alpha value is -3.60. The van der Waals surface area contributed by atoms with Crippen LogP contribution in [0.2, 0.25) is 0 Å². The number of hydrogen-bond acceptors (Lipinski definition) is 5. The average Bonchev–Trinajstić information content (AvgIpc) is 3.01. The minimum Gasteiger partial charge on any atom is -0.462 e. The van der Waals surface area contributed by atoms with E-state index in [0.717, 1.165) is 47.3 Å². The zero-order chi connectivity index (χ0) is 23.9. The molecule has 174 valence electrons. The summed E-state index contributed by atoms with van der Waals surface area (Å²) in [5.41, 5.74) is 2.61. The summed E-state index contributed by atoms with van der Waals surface area (Å²) in [5.74, 6) is 0.457. The zero-order valence-electron chi connectivity index (χ0n) is 20.0. The largest absolute Gasteiger partial charge is 0.462 e. The molecule has 0 saturated heterocycles. The number of para-hydroxylation sites is 1. The maximum atomic E-state index is 11.7. The van der Waals surface area contributed by atoms with E-state index in [4.69, 9.17) is 14.5 Å². The Balaban J connectivity index is 1.46. The lowest BCUT2D eigenvalue weighted by atomic mass is 9.77. The molecule has 0 saturated carbocycles. The molecule has 5 rings (SSSR count). The third-order valence-corrected chi connectivity index (χ3v) is 7.02. The van der Waals surface area contributed by atoms with Crippen LogP contribution >= 0.6 is 0 Å². The first-order valence-electron chi connectivity index (χ1n) is 11.8. The molecule has 0 bridgehead atoms. The van der Waals surface area contributed by atoms with Gasteiger partial charge in [0.25, 0.3) is 0 Å². The number of hydrogen-bond donors (Lipinski definition) is 0. The lowest BCUT2D eigenvalue weighted by Gasteiger charge is -2.46. The molecular formula is C29H30N2O3. The van der Waals surface area contributed by atoms with Gasteiger partial charge < -0.3 is 14.4 Å². The number of aliphatic imine (C=N–C) groups is 1. The number of ether oxygens (including phenoxy) is 2. The quantitative estimate of drug-likeness (QED) is 0.248. The van der Waals surface area contributed by atoms with Gasteiger partial charge in [-0.1, -0.05) is 55.1 Å². The number of fused-ring (bicyclic) bond motifs is 4. The molecule has 1 atom stereocenters. The molecule has 1 unspecified atom stereocenters. The van der Waals surface area contributed by atoms with Crippen molar-refractivity contribution in [2.45, 2.75) is 44.8 Å². The second-order valence-electron chi connectivity index (χ2n) is 9.61. The number of esters is 1. The molecule has 1 spiro atoms. The topological polar surface area (TPSA) is 51.1 Å². The van der Waals surface area contributed by atoms with Gasteiger partial charge in [-0.15, -0.1) is 0 Å².